The molecule has 0 bridgehead atoms. The highest BCUT2D eigenvalue weighted by molar-refractivity contribution is 5.90. The van der Waals surface area contributed by atoms with Crippen LogP contribution in [0.2, 0.25) is 0 Å². The lowest BCUT2D eigenvalue weighted by molar-refractivity contribution is -0.154. The van der Waals surface area contributed by atoms with Gasteiger partial charge < -0.3 is 47.7 Å². The zero-order valence-corrected chi connectivity index (χ0v) is 47.9. The molecule has 0 spiro atoms. The van der Waals surface area contributed by atoms with Crippen LogP contribution in [0.3, 0.4) is 0 Å². The first-order valence-electron chi connectivity index (χ1n) is 29.0. The fourth-order valence-corrected chi connectivity index (χ4v) is 7.97. The van der Waals surface area contributed by atoms with E-state index in [4.69, 9.17) is 42.6 Å². The van der Waals surface area contributed by atoms with Gasteiger partial charge in [0, 0.05) is 41.5 Å². The van der Waals surface area contributed by atoms with Gasteiger partial charge >= 0.3 is 23.9 Å². The molecule has 3 aromatic rings. The van der Waals surface area contributed by atoms with Crippen LogP contribution in [0.15, 0.2) is 73.3 Å². The quantitative estimate of drug-likeness (QED) is 0.0245. The molecule has 3 rings (SSSR count). The van der Waals surface area contributed by atoms with Crippen molar-refractivity contribution in [3.05, 3.63) is 90.0 Å². The lowest BCUT2D eigenvalue weighted by Gasteiger charge is -2.25. The Balaban J connectivity index is 1.85. The lowest BCUT2D eigenvalue weighted by atomic mass is 9.99. The van der Waals surface area contributed by atoms with E-state index < -0.39 is 24.0 Å². The topological polar surface area (TPSA) is 172 Å². The third-order valence-electron chi connectivity index (χ3n) is 12.8. The number of rotatable bonds is 44. The molecular formula is C64H92O14. The van der Waals surface area contributed by atoms with Crippen molar-refractivity contribution in [2.75, 3.05) is 46.2 Å². The monoisotopic (exact) mass is 1080 g/mol. The summed E-state index contributed by atoms with van der Waals surface area (Å²) in [6.07, 6.45) is 25.0. The number of hydrogen-bond donors (Lipinski definition) is 1. The molecule has 0 radical (unpaired) electrons. The smallest absolute Gasteiger partial charge is 0.336 e. The third kappa shape index (κ3) is 25.9. The maximum absolute atomic E-state index is 13.4. The van der Waals surface area contributed by atoms with Crippen molar-refractivity contribution in [1.29, 1.82) is 0 Å². The van der Waals surface area contributed by atoms with Crippen LogP contribution < -0.4 is 33.2 Å². The van der Waals surface area contributed by atoms with Crippen molar-refractivity contribution >= 4 is 36.0 Å². The van der Waals surface area contributed by atoms with Crippen molar-refractivity contribution in [1.82, 2.24) is 0 Å². The van der Waals surface area contributed by atoms with E-state index in [1.165, 1.54) is 36.4 Å². The van der Waals surface area contributed by atoms with Crippen molar-refractivity contribution < 1.29 is 66.9 Å². The lowest BCUT2D eigenvalue weighted by Crippen LogP contribution is -2.19. The number of carbonyl (C=O) groups is 4. The Morgan fingerprint density at radius 3 is 1.41 bits per heavy atom. The number of esters is 4. The highest BCUT2D eigenvalue weighted by Crippen LogP contribution is 2.43. The van der Waals surface area contributed by atoms with Crippen LogP contribution in [0.1, 0.15) is 199 Å². The molecule has 14 heteroatoms. The number of aliphatic hydroxyl groups is 1. The molecule has 0 aromatic heterocycles. The minimum Gasteiger partial charge on any atom is -0.490 e. The summed E-state index contributed by atoms with van der Waals surface area (Å²) in [6.45, 7) is 18.1. The fourth-order valence-electron chi connectivity index (χ4n) is 7.97. The van der Waals surface area contributed by atoms with Gasteiger partial charge in [0.2, 0.25) is 5.75 Å². The van der Waals surface area contributed by atoms with E-state index in [0.29, 0.717) is 111 Å². The van der Waals surface area contributed by atoms with E-state index in [9.17, 15) is 24.3 Å². The predicted octanol–water partition coefficient (Wildman–Crippen LogP) is 15.1. The first-order chi connectivity index (χ1) is 38.0. The molecule has 0 saturated heterocycles. The highest BCUT2D eigenvalue weighted by atomic mass is 16.6. The van der Waals surface area contributed by atoms with E-state index in [1.807, 2.05) is 32.0 Å². The van der Waals surface area contributed by atoms with Crippen LogP contribution in [0.25, 0.3) is 12.2 Å². The van der Waals surface area contributed by atoms with Crippen LogP contribution in [-0.4, -0.2) is 75.2 Å². The molecule has 14 nitrogen and oxygen atoms in total. The van der Waals surface area contributed by atoms with E-state index in [2.05, 4.69) is 34.3 Å². The van der Waals surface area contributed by atoms with Gasteiger partial charge in [-0.3, -0.25) is 4.79 Å². The minimum absolute atomic E-state index is 0.0667. The molecule has 2 unspecified atom stereocenters. The van der Waals surface area contributed by atoms with Crippen LogP contribution in [0, 0.1) is 5.92 Å². The summed E-state index contributed by atoms with van der Waals surface area (Å²) in [5, 5.41) is 9.81. The van der Waals surface area contributed by atoms with Crippen LogP contribution >= 0.6 is 0 Å². The molecule has 0 amide bonds. The molecule has 0 aliphatic heterocycles. The second-order valence-corrected chi connectivity index (χ2v) is 19.4. The SMILES string of the molecule is C=CC(=O)OCCCCOc1ccc(/C=C/C(=O)Oc2ccc(OC(=O)/C=C/c3ccc(C(CCCO)OC(=O)C(C)CC)c(OCCCCCC)c3OCCCCCC)cc2)c(OCCCCCC)c1OCCCCCC. The summed E-state index contributed by atoms with van der Waals surface area (Å²) in [5.41, 5.74) is 1.84. The van der Waals surface area contributed by atoms with Gasteiger partial charge in [-0.2, -0.15) is 0 Å². The Labute approximate surface area is 466 Å². The standard InChI is InChI=1S/C64H92O14/c1-8-14-18-22-45-72-60-50(30-38-54(62(60)74-47-24-20-16-10-3)55(29-28-42-65)78-64(69)49(7)12-5)32-40-58(67)76-52-34-36-53(37-35-52)77-59(68)41-33-51-31-39-56(70-43-26-27-44-71-57(66)13-6)63(75-48-25-21-17-11-4)61(51)73-46-23-19-15-9-2/h13,30-41,49,55,65H,6,8-12,14-29,42-48H2,1-5,7H3/b40-32+,41-33+. The Hall–Kier alpha value is -6.28. The number of hydrogen-bond acceptors (Lipinski definition) is 14. The molecule has 78 heavy (non-hydrogen) atoms. The third-order valence-corrected chi connectivity index (χ3v) is 12.8. The second kappa shape index (κ2) is 40.9. The first kappa shape index (κ1) is 66.0. The Morgan fingerprint density at radius 1 is 0.500 bits per heavy atom. The summed E-state index contributed by atoms with van der Waals surface area (Å²) in [7, 11) is 0. The van der Waals surface area contributed by atoms with Crippen molar-refractivity contribution in [2.24, 2.45) is 5.92 Å². The summed E-state index contributed by atoms with van der Waals surface area (Å²) >= 11 is 0. The van der Waals surface area contributed by atoms with Crippen LogP contribution in [-0.2, 0) is 28.7 Å². The van der Waals surface area contributed by atoms with E-state index in [1.54, 1.807) is 18.2 Å². The number of benzene rings is 3. The molecule has 432 valence electrons. The number of ether oxygens (including phenoxy) is 9. The van der Waals surface area contributed by atoms with E-state index in [0.717, 1.165) is 109 Å². The number of unbranched alkanes of at least 4 members (excludes halogenated alkanes) is 13. The zero-order valence-electron chi connectivity index (χ0n) is 47.9. The Kier molecular flexibility index (Phi) is 34.6. The molecule has 0 saturated carbocycles. The van der Waals surface area contributed by atoms with Gasteiger partial charge in [-0.25, -0.2) is 14.4 Å². The summed E-state index contributed by atoms with van der Waals surface area (Å²) < 4.78 is 54.6. The molecule has 2 atom stereocenters. The maximum atomic E-state index is 13.4. The Bertz CT molecular complexity index is 2250. The summed E-state index contributed by atoms with van der Waals surface area (Å²) in [5.74, 6) is 0.436. The molecule has 0 aliphatic rings. The van der Waals surface area contributed by atoms with Gasteiger partial charge in [-0.1, -0.05) is 137 Å². The van der Waals surface area contributed by atoms with Crippen molar-refractivity contribution in [3.63, 3.8) is 0 Å². The van der Waals surface area contributed by atoms with E-state index >= 15 is 0 Å². The average Bonchev–Trinajstić information content (AvgIpc) is 3.46. The number of aliphatic hydroxyl groups excluding tert-OH is 1. The summed E-state index contributed by atoms with van der Waals surface area (Å²) in [6, 6.07) is 13.4. The predicted molar refractivity (Wildman–Crippen MR) is 308 cm³/mol. The minimum atomic E-state index is -0.687. The summed E-state index contributed by atoms with van der Waals surface area (Å²) in [4.78, 5) is 51.3. The van der Waals surface area contributed by atoms with Crippen LogP contribution in [0.5, 0.6) is 40.2 Å². The van der Waals surface area contributed by atoms with Crippen LogP contribution in [0.4, 0.5) is 0 Å². The molecular weight excluding hydrogens is 993 g/mol. The maximum Gasteiger partial charge on any atom is 0.336 e. The van der Waals surface area contributed by atoms with Gasteiger partial charge in [0.05, 0.1) is 45.6 Å². The zero-order chi connectivity index (χ0) is 56.6. The average molecular weight is 1090 g/mol. The van der Waals surface area contributed by atoms with Gasteiger partial charge in [0.15, 0.2) is 23.0 Å². The first-order valence-corrected chi connectivity index (χ1v) is 29.0. The molecule has 0 heterocycles. The molecule has 3 aromatic carbocycles. The number of carbonyl (C=O) groups excluding carboxylic acids is 4. The Morgan fingerprint density at radius 2 is 0.936 bits per heavy atom. The molecule has 0 fully saturated rings. The van der Waals surface area contributed by atoms with E-state index in [-0.39, 0.29) is 36.6 Å². The molecule has 1 N–H and O–H groups in total. The normalized spacial score (nSPS) is 12.0. The van der Waals surface area contributed by atoms with Gasteiger partial charge in [0.1, 0.15) is 17.6 Å². The highest BCUT2D eigenvalue weighted by Gasteiger charge is 2.27. The largest absolute Gasteiger partial charge is 0.490 e. The second-order valence-electron chi connectivity index (χ2n) is 19.4. The van der Waals surface area contributed by atoms with Crippen molar-refractivity contribution in [3.8, 4) is 40.2 Å². The van der Waals surface area contributed by atoms with Gasteiger partial charge in [0.25, 0.3) is 0 Å². The van der Waals surface area contributed by atoms with Gasteiger partial charge in [-0.05, 0) is 106 Å². The fraction of sp³-hybridized carbons (Fsp3) is 0.562. The van der Waals surface area contributed by atoms with Gasteiger partial charge in [-0.15, -0.1) is 0 Å². The molecule has 0 aliphatic carbocycles. The van der Waals surface area contributed by atoms with Crippen molar-refractivity contribution in [2.45, 2.75) is 182 Å².